The molecule has 1 saturated carbocycles. The lowest BCUT2D eigenvalue weighted by atomic mass is 9.94. The Hall–Kier alpha value is -1.39. The Labute approximate surface area is 125 Å². The number of hydrogen-bond donors (Lipinski definition) is 1. The van der Waals surface area contributed by atoms with Gasteiger partial charge in [0.25, 0.3) is 5.91 Å². The maximum atomic E-state index is 12.5. The van der Waals surface area contributed by atoms with E-state index in [9.17, 15) is 19.5 Å². The third-order valence-corrected chi connectivity index (χ3v) is 4.74. The summed E-state index contributed by atoms with van der Waals surface area (Å²) in [6, 6.07) is -0.824. The number of likely N-dealkylation sites (tertiary alicyclic amines) is 1. The van der Waals surface area contributed by atoms with E-state index in [-0.39, 0.29) is 11.7 Å². The second kappa shape index (κ2) is 7.57. The summed E-state index contributed by atoms with van der Waals surface area (Å²) in [7, 11) is 0. The van der Waals surface area contributed by atoms with Crippen LogP contribution >= 0.6 is 0 Å². The predicted octanol–water partition coefficient (Wildman–Crippen LogP) is 2.38. The van der Waals surface area contributed by atoms with Gasteiger partial charge in [-0.2, -0.15) is 0 Å². The van der Waals surface area contributed by atoms with Crippen molar-refractivity contribution in [3.05, 3.63) is 0 Å². The van der Waals surface area contributed by atoms with Gasteiger partial charge in [0.15, 0.2) is 0 Å². The fourth-order valence-electron chi connectivity index (χ4n) is 3.47. The van der Waals surface area contributed by atoms with Crippen molar-refractivity contribution >= 4 is 17.7 Å². The summed E-state index contributed by atoms with van der Waals surface area (Å²) in [6.45, 7) is 0.397. The van der Waals surface area contributed by atoms with Crippen LogP contribution in [-0.2, 0) is 14.4 Å². The Morgan fingerprint density at radius 2 is 1.38 bits per heavy atom. The second-order valence-corrected chi connectivity index (χ2v) is 6.25. The van der Waals surface area contributed by atoms with Gasteiger partial charge in [0.05, 0.1) is 0 Å². The lowest BCUT2D eigenvalue weighted by molar-refractivity contribution is -0.155. The lowest BCUT2D eigenvalue weighted by Gasteiger charge is -2.27. The molecular formula is C16H25NO4. The highest BCUT2D eigenvalue weighted by Crippen LogP contribution is 2.25. The Kier molecular flexibility index (Phi) is 5.76. The van der Waals surface area contributed by atoms with E-state index in [1.807, 2.05) is 0 Å². The average molecular weight is 295 g/mol. The molecule has 0 radical (unpaired) electrons. The minimum atomic E-state index is -0.987. The Balaban J connectivity index is 2.07. The van der Waals surface area contributed by atoms with Crippen LogP contribution in [0.4, 0.5) is 0 Å². The second-order valence-electron chi connectivity index (χ2n) is 6.25. The smallest absolute Gasteiger partial charge is 0.326 e. The summed E-state index contributed by atoms with van der Waals surface area (Å²) >= 11 is 0. The normalized spacial score (nSPS) is 25.0. The lowest BCUT2D eigenvalue weighted by Crippen LogP contribution is -2.48. The molecule has 2 aliphatic rings. The Bertz CT molecular complexity index is 399. The number of nitrogens with zero attached hydrogens (tertiary/aromatic N) is 1. The third kappa shape index (κ3) is 4.05. The van der Waals surface area contributed by atoms with E-state index in [1.165, 1.54) is 4.90 Å². The van der Waals surface area contributed by atoms with Crippen LogP contribution in [-0.4, -0.2) is 40.3 Å². The van der Waals surface area contributed by atoms with Gasteiger partial charge in [0.1, 0.15) is 6.04 Å². The van der Waals surface area contributed by atoms with Crippen LogP contribution in [0.2, 0.25) is 0 Å². The van der Waals surface area contributed by atoms with Crippen LogP contribution < -0.4 is 0 Å². The van der Waals surface area contributed by atoms with Gasteiger partial charge < -0.3 is 10.0 Å². The number of carbonyl (C=O) groups is 3. The minimum Gasteiger partial charge on any atom is -0.480 e. The average Bonchev–Trinajstić information content (AvgIpc) is 2.88. The number of Topliss-reactive ketones (excluding diaryl/α,β-unsaturated/α-hetero) is 1. The summed E-state index contributed by atoms with van der Waals surface area (Å²) in [5.74, 6) is -2.10. The van der Waals surface area contributed by atoms with Gasteiger partial charge in [0.2, 0.25) is 5.78 Å². The third-order valence-electron chi connectivity index (χ3n) is 4.74. The van der Waals surface area contributed by atoms with E-state index in [0.29, 0.717) is 13.0 Å². The van der Waals surface area contributed by atoms with Crippen LogP contribution in [0.1, 0.15) is 64.2 Å². The molecule has 2 fully saturated rings. The Morgan fingerprint density at radius 3 is 2.00 bits per heavy atom. The molecule has 1 atom stereocenters. The maximum absolute atomic E-state index is 12.5. The first-order chi connectivity index (χ1) is 10.1. The molecule has 0 aromatic rings. The molecule has 0 aromatic heterocycles. The molecule has 5 heteroatoms. The quantitative estimate of drug-likeness (QED) is 0.641. The number of amides is 1. The highest BCUT2D eigenvalue weighted by atomic mass is 16.4. The van der Waals surface area contributed by atoms with Gasteiger partial charge in [-0.3, -0.25) is 9.59 Å². The minimum absolute atomic E-state index is 0.197. The largest absolute Gasteiger partial charge is 0.480 e. The van der Waals surface area contributed by atoms with Crippen molar-refractivity contribution in [2.24, 2.45) is 5.92 Å². The van der Waals surface area contributed by atoms with Crippen molar-refractivity contribution in [3.63, 3.8) is 0 Å². The molecule has 1 heterocycles. The number of hydrogen-bond acceptors (Lipinski definition) is 3. The molecule has 5 nitrogen and oxygen atoms in total. The summed E-state index contributed by atoms with van der Waals surface area (Å²) in [6.07, 6.45) is 8.75. The highest BCUT2D eigenvalue weighted by molar-refractivity contribution is 6.37. The van der Waals surface area contributed by atoms with Gasteiger partial charge in [0, 0.05) is 12.5 Å². The molecule has 21 heavy (non-hydrogen) atoms. The molecule has 1 saturated heterocycles. The van der Waals surface area contributed by atoms with E-state index in [2.05, 4.69) is 0 Å². The summed E-state index contributed by atoms with van der Waals surface area (Å²) < 4.78 is 0. The van der Waals surface area contributed by atoms with Crippen LogP contribution in [0.5, 0.6) is 0 Å². The summed E-state index contributed by atoms with van der Waals surface area (Å²) in [5.41, 5.74) is 0. The summed E-state index contributed by atoms with van der Waals surface area (Å²) in [5, 5.41) is 9.31. The maximum Gasteiger partial charge on any atom is 0.326 e. The first-order valence-corrected chi connectivity index (χ1v) is 8.19. The fraction of sp³-hybridized carbons (Fsp3) is 0.812. The number of rotatable bonds is 3. The molecular weight excluding hydrogens is 270 g/mol. The van der Waals surface area contributed by atoms with Crippen molar-refractivity contribution in [2.75, 3.05) is 6.54 Å². The molecule has 1 aliphatic carbocycles. The molecule has 2 rings (SSSR count). The van der Waals surface area contributed by atoms with Gasteiger partial charge in [-0.15, -0.1) is 0 Å². The van der Waals surface area contributed by atoms with Gasteiger partial charge in [-0.1, -0.05) is 38.5 Å². The van der Waals surface area contributed by atoms with Crippen LogP contribution in [0.3, 0.4) is 0 Å². The first-order valence-electron chi connectivity index (χ1n) is 8.19. The van der Waals surface area contributed by atoms with Gasteiger partial charge in [-0.25, -0.2) is 4.79 Å². The van der Waals surface area contributed by atoms with E-state index in [1.54, 1.807) is 0 Å². The van der Waals surface area contributed by atoms with E-state index < -0.39 is 17.9 Å². The molecule has 118 valence electrons. The molecule has 0 aromatic carbocycles. The zero-order chi connectivity index (χ0) is 15.2. The fourth-order valence-corrected chi connectivity index (χ4v) is 3.47. The predicted molar refractivity (Wildman–Crippen MR) is 77.8 cm³/mol. The highest BCUT2D eigenvalue weighted by Gasteiger charge is 2.36. The molecule has 1 aliphatic heterocycles. The number of aliphatic carboxylic acids is 1. The zero-order valence-electron chi connectivity index (χ0n) is 12.6. The van der Waals surface area contributed by atoms with Crippen molar-refractivity contribution < 1.29 is 19.5 Å². The molecule has 0 spiro atoms. The van der Waals surface area contributed by atoms with Gasteiger partial charge in [-0.05, 0) is 25.7 Å². The van der Waals surface area contributed by atoms with E-state index >= 15 is 0 Å². The number of carbonyl (C=O) groups excluding carboxylic acids is 2. The van der Waals surface area contributed by atoms with Crippen molar-refractivity contribution in [3.8, 4) is 0 Å². The van der Waals surface area contributed by atoms with Crippen molar-refractivity contribution in [2.45, 2.75) is 70.3 Å². The number of carboxylic acids is 1. The number of carboxylic acid groups (broad SMARTS) is 1. The monoisotopic (exact) mass is 295 g/mol. The van der Waals surface area contributed by atoms with Crippen molar-refractivity contribution in [1.29, 1.82) is 0 Å². The Morgan fingerprint density at radius 1 is 0.810 bits per heavy atom. The topological polar surface area (TPSA) is 74.7 Å². The SMILES string of the molecule is O=C(C(=O)N1CCCCCC1C(=O)O)C1CCCCCC1. The number of ketones is 1. The van der Waals surface area contributed by atoms with E-state index in [4.69, 9.17) is 0 Å². The van der Waals surface area contributed by atoms with Gasteiger partial charge >= 0.3 is 5.97 Å². The zero-order valence-corrected chi connectivity index (χ0v) is 12.6. The van der Waals surface area contributed by atoms with Crippen molar-refractivity contribution in [1.82, 2.24) is 4.90 Å². The molecule has 0 bridgehead atoms. The molecule has 1 unspecified atom stereocenters. The molecule has 1 amide bonds. The van der Waals surface area contributed by atoms with Crippen LogP contribution in [0, 0.1) is 5.92 Å². The standard InChI is InChI=1S/C16H25NO4/c18-14(12-8-4-1-2-5-9-12)15(19)17-11-7-3-6-10-13(17)16(20)21/h12-13H,1-11H2,(H,20,21). The van der Waals surface area contributed by atoms with Crippen LogP contribution in [0.15, 0.2) is 0 Å². The summed E-state index contributed by atoms with van der Waals surface area (Å²) in [4.78, 5) is 37.6. The van der Waals surface area contributed by atoms with E-state index in [0.717, 1.165) is 57.8 Å². The first kappa shape index (κ1) is 16.0. The molecule has 1 N–H and O–H groups in total. The van der Waals surface area contributed by atoms with Crippen LogP contribution in [0.25, 0.3) is 0 Å².